The van der Waals surface area contributed by atoms with Gasteiger partial charge < -0.3 is 29.2 Å². The summed E-state index contributed by atoms with van der Waals surface area (Å²) in [6.45, 7) is 6.04. The van der Waals surface area contributed by atoms with Crippen molar-refractivity contribution in [1.82, 2.24) is 0 Å². The molecule has 3 N–H and O–H groups in total. The average Bonchev–Trinajstić information content (AvgIpc) is 3.46. The van der Waals surface area contributed by atoms with Crippen LogP contribution in [0.1, 0.15) is 83.6 Å². The van der Waals surface area contributed by atoms with Crippen molar-refractivity contribution < 1.29 is 29.2 Å². The van der Waals surface area contributed by atoms with Crippen LogP contribution in [0.4, 0.5) is 0 Å². The van der Waals surface area contributed by atoms with Crippen LogP contribution in [0.15, 0.2) is 34.7 Å². The molecule has 2 unspecified atom stereocenters. The standard InChI is InChI=1S/C29H44O6/c1-26-10-7-23(34-16-3-14-30)19-21(26)5-6-25-24(26)8-11-27(2)28(25,32)12-13-29(27,35-17-4-15-31)22-9-18-33-20-22/h9,18-20,23-25,30-32H,3-8,10-17H2,1-2H3/t23?,24-,25-,26+,27+,28-,29?/m1/s1. The molecule has 6 nitrogen and oxygen atoms in total. The second-order valence-corrected chi connectivity index (χ2v) is 11.9. The summed E-state index contributed by atoms with van der Waals surface area (Å²) in [5.41, 5.74) is 0.845. The maximum atomic E-state index is 12.6. The molecule has 1 heterocycles. The van der Waals surface area contributed by atoms with Crippen molar-refractivity contribution in [1.29, 1.82) is 0 Å². The van der Waals surface area contributed by atoms with Gasteiger partial charge in [-0.3, -0.25) is 0 Å². The minimum absolute atomic E-state index is 0.103. The molecule has 3 saturated carbocycles. The SMILES string of the molecule is C[C@]12CCC(OCCCO)C=C1CC[C@@H]1[C@H]2CC[C@]2(C)C(OCCCO)(c3ccoc3)CC[C@@]12O. The molecule has 4 aliphatic carbocycles. The van der Waals surface area contributed by atoms with Gasteiger partial charge in [0.15, 0.2) is 0 Å². The highest BCUT2D eigenvalue weighted by Crippen LogP contribution is 2.72. The smallest absolute Gasteiger partial charge is 0.104 e. The molecule has 6 heteroatoms. The Morgan fingerprint density at radius 3 is 2.51 bits per heavy atom. The van der Waals surface area contributed by atoms with Crippen LogP contribution in [0.3, 0.4) is 0 Å². The summed E-state index contributed by atoms with van der Waals surface area (Å²) in [6.07, 6.45) is 14.9. The van der Waals surface area contributed by atoms with Gasteiger partial charge in [0, 0.05) is 37.4 Å². The molecular formula is C29H44O6. The maximum absolute atomic E-state index is 12.6. The van der Waals surface area contributed by atoms with Crippen molar-refractivity contribution in [2.45, 2.75) is 95.4 Å². The van der Waals surface area contributed by atoms with Crippen molar-refractivity contribution in [2.24, 2.45) is 22.7 Å². The molecule has 5 rings (SSSR count). The number of hydrogen-bond acceptors (Lipinski definition) is 6. The molecule has 0 bridgehead atoms. The van der Waals surface area contributed by atoms with Crippen LogP contribution in [0, 0.1) is 22.7 Å². The Balaban J connectivity index is 1.43. The normalized spacial score (nSPS) is 42.8. The predicted octanol–water partition coefficient (Wildman–Crippen LogP) is 4.72. The Morgan fingerprint density at radius 2 is 1.77 bits per heavy atom. The van der Waals surface area contributed by atoms with E-state index >= 15 is 0 Å². The fraction of sp³-hybridized carbons (Fsp3) is 0.793. The van der Waals surface area contributed by atoms with Crippen LogP contribution < -0.4 is 0 Å². The van der Waals surface area contributed by atoms with Gasteiger partial charge in [0.05, 0.1) is 24.2 Å². The van der Waals surface area contributed by atoms with Crippen LogP contribution in [0.5, 0.6) is 0 Å². The summed E-state index contributed by atoms with van der Waals surface area (Å²) in [4.78, 5) is 0. The predicted molar refractivity (Wildman–Crippen MR) is 133 cm³/mol. The summed E-state index contributed by atoms with van der Waals surface area (Å²) in [7, 11) is 0. The van der Waals surface area contributed by atoms with Crippen LogP contribution in [-0.2, 0) is 15.1 Å². The Labute approximate surface area is 209 Å². The third-order valence-corrected chi connectivity index (χ3v) is 10.6. The first-order valence-corrected chi connectivity index (χ1v) is 13.8. The number of furan rings is 1. The molecule has 4 aliphatic rings. The summed E-state index contributed by atoms with van der Waals surface area (Å²) in [5.74, 6) is 0.696. The van der Waals surface area contributed by atoms with E-state index in [1.165, 1.54) is 5.57 Å². The topological polar surface area (TPSA) is 92.3 Å². The number of rotatable bonds is 9. The number of aliphatic hydroxyl groups is 3. The molecule has 1 aromatic rings. The van der Waals surface area contributed by atoms with Gasteiger partial charge in [0.1, 0.15) is 5.60 Å². The van der Waals surface area contributed by atoms with Gasteiger partial charge in [-0.15, -0.1) is 0 Å². The van der Waals surface area contributed by atoms with E-state index in [2.05, 4.69) is 19.9 Å². The monoisotopic (exact) mass is 488 g/mol. The quantitative estimate of drug-likeness (QED) is 0.344. The minimum atomic E-state index is -0.796. The Bertz CT molecular complexity index is 897. The summed E-state index contributed by atoms with van der Waals surface area (Å²) >= 11 is 0. The second-order valence-electron chi connectivity index (χ2n) is 11.9. The Morgan fingerprint density at radius 1 is 0.971 bits per heavy atom. The lowest BCUT2D eigenvalue weighted by molar-refractivity contribution is -0.236. The van der Waals surface area contributed by atoms with Gasteiger partial charge in [-0.2, -0.15) is 0 Å². The average molecular weight is 489 g/mol. The van der Waals surface area contributed by atoms with Crippen LogP contribution in [0.2, 0.25) is 0 Å². The molecule has 196 valence electrons. The van der Waals surface area contributed by atoms with Crippen molar-refractivity contribution in [3.63, 3.8) is 0 Å². The zero-order chi connectivity index (χ0) is 24.7. The highest BCUT2D eigenvalue weighted by atomic mass is 16.5. The van der Waals surface area contributed by atoms with Crippen molar-refractivity contribution in [2.75, 3.05) is 26.4 Å². The zero-order valence-electron chi connectivity index (χ0n) is 21.5. The highest BCUT2D eigenvalue weighted by molar-refractivity contribution is 5.33. The Hall–Kier alpha value is -1.18. The minimum Gasteiger partial charge on any atom is -0.472 e. The number of ether oxygens (including phenoxy) is 2. The van der Waals surface area contributed by atoms with E-state index in [-0.39, 0.29) is 30.7 Å². The molecule has 35 heavy (non-hydrogen) atoms. The van der Waals surface area contributed by atoms with Crippen LogP contribution in [0.25, 0.3) is 0 Å². The lowest BCUT2D eigenvalue weighted by Crippen LogP contribution is -2.64. The Kier molecular flexibility index (Phi) is 6.99. The fourth-order valence-electron chi connectivity index (χ4n) is 8.68. The zero-order valence-corrected chi connectivity index (χ0v) is 21.5. The first-order chi connectivity index (χ1) is 16.8. The van der Waals surface area contributed by atoms with Gasteiger partial charge >= 0.3 is 0 Å². The fourth-order valence-corrected chi connectivity index (χ4v) is 8.68. The first kappa shape index (κ1) is 25.5. The molecule has 3 fully saturated rings. The van der Waals surface area contributed by atoms with E-state index in [9.17, 15) is 10.2 Å². The van der Waals surface area contributed by atoms with E-state index in [4.69, 9.17) is 19.0 Å². The van der Waals surface area contributed by atoms with Gasteiger partial charge in [-0.25, -0.2) is 0 Å². The molecule has 0 amide bonds. The summed E-state index contributed by atoms with van der Waals surface area (Å²) < 4.78 is 18.2. The second kappa shape index (κ2) is 9.60. The first-order valence-electron chi connectivity index (χ1n) is 13.8. The van der Waals surface area contributed by atoms with E-state index < -0.39 is 16.6 Å². The van der Waals surface area contributed by atoms with Gasteiger partial charge in [0.25, 0.3) is 0 Å². The number of allylic oxidation sites excluding steroid dienone is 1. The lowest BCUT2D eigenvalue weighted by Gasteiger charge is -2.63. The molecule has 0 radical (unpaired) electrons. The molecule has 0 aromatic carbocycles. The van der Waals surface area contributed by atoms with E-state index in [0.717, 1.165) is 56.9 Å². The maximum Gasteiger partial charge on any atom is 0.104 e. The molecule has 7 atom stereocenters. The largest absolute Gasteiger partial charge is 0.472 e. The molecule has 0 aliphatic heterocycles. The van der Waals surface area contributed by atoms with Gasteiger partial charge in [-0.05, 0) is 87.5 Å². The third-order valence-electron chi connectivity index (χ3n) is 10.6. The van der Waals surface area contributed by atoms with Crippen molar-refractivity contribution in [3.05, 3.63) is 35.8 Å². The lowest BCUT2D eigenvalue weighted by atomic mass is 9.44. The van der Waals surface area contributed by atoms with E-state index in [1.54, 1.807) is 12.5 Å². The summed E-state index contributed by atoms with van der Waals surface area (Å²) in [6, 6.07) is 2.00. The molecular weight excluding hydrogens is 444 g/mol. The van der Waals surface area contributed by atoms with Crippen molar-refractivity contribution >= 4 is 0 Å². The van der Waals surface area contributed by atoms with Crippen LogP contribution in [-0.4, -0.2) is 53.5 Å². The highest BCUT2D eigenvalue weighted by Gasteiger charge is 2.72. The van der Waals surface area contributed by atoms with Crippen molar-refractivity contribution in [3.8, 4) is 0 Å². The number of fused-ring (bicyclic) bond motifs is 5. The van der Waals surface area contributed by atoms with Crippen LogP contribution >= 0.6 is 0 Å². The van der Waals surface area contributed by atoms with Gasteiger partial charge in [-0.1, -0.05) is 25.5 Å². The molecule has 0 saturated heterocycles. The molecule has 0 spiro atoms. The summed E-state index contributed by atoms with van der Waals surface area (Å²) in [5, 5.41) is 31.1. The third kappa shape index (κ3) is 3.78. The van der Waals surface area contributed by atoms with E-state index in [0.29, 0.717) is 32.0 Å². The number of hydrogen-bond donors (Lipinski definition) is 3. The number of aliphatic hydroxyl groups excluding tert-OH is 2. The molecule has 1 aromatic heterocycles. The van der Waals surface area contributed by atoms with E-state index in [1.807, 2.05) is 6.07 Å². The van der Waals surface area contributed by atoms with Gasteiger partial charge in [0.2, 0.25) is 0 Å².